The van der Waals surface area contributed by atoms with E-state index < -0.39 is 24.0 Å². The van der Waals surface area contributed by atoms with Gasteiger partial charge in [-0.1, -0.05) is 60.3 Å². The number of amides is 1. The third-order valence-corrected chi connectivity index (χ3v) is 5.57. The number of fused-ring (bicyclic) bond motifs is 1. The van der Waals surface area contributed by atoms with Crippen molar-refractivity contribution in [3.63, 3.8) is 0 Å². The molecule has 0 saturated heterocycles. The lowest BCUT2D eigenvalue weighted by Crippen LogP contribution is -2.34. The SMILES string of the molecule is O=C(Cn1nc(C(=O)[O-])c2ccccc2c1=O)Nc1ccccc1Sc1ccccc1. The van der Waals surface area contributed by atoms with Crippen LogP contribution in [0.1, 0.15) is 10.5 Å². The molecular weight excluding hydrogens is 414 g/mol. The highest BCUT2D eigenvalue weighted by molar-refractivity contribution is 7.99. The zero-order chi connectivity index (χ0) is 21.8. The molecule has 0 aliphatic carbocycles. The van der Waals surface area contributed by atoms with Crippen molar-refractivity contribution < 1.29 is 14.7 Å². The fourth-order valence-corrected chi connectivity index (χ4v) is 4.02. The maximum Gasteiger partial charge on any atom is 0.275 e. The number of hydrogen-bond donors (Lipinski definition) is 1. The first-order chi connectivity index (χ1) is 15.0. The van der Waals surface area contributed by atoms with Crippen LogP contribution in [0.4, 0.5) is 5.69 Å². The minimum absolute atomic E-state index is 0.157. The fraction of sp³-hybridized carbons (Fsp3) is 0.0435. The van der Waals surface area contributed by atoms with E-state index in [1.54, 1.807) is 24.3 Å². The van der Waals surface area contributed by atoms with E-state index in [9.17, 15) is 19.5 Å². The molecule has 8 heteroatoms. The summed E-state index contributed by atoms with van der Waals surface area (Å²) in [4.78, 5) is 38.7. The summed E-state index contributed by atoms with van der Waals surface area (Å²) in [5, 5.41) is 18.4. The summed E-state index contributed by atoms with van der Waals surface area (Å²) in [7, 11) is 0. The number of hydrogen-bond acceptors (Lipinski definition) is 6. The van der Waals surface area contributed by atoms with Crippen molar-refractivity contribution in [3.8, 4) is 0 Å². The number of benzene rings is 3. The molecule has 1 aromatic heterocycles. The first kappa shape index (κ1) is 20.4. The molecule has 0 fully saturated rings. The number of carbonyl (C=O) groups is 2. The Kier molecular flexibility index (Phi) is 5.81. The van der Waals surface area contributed by atoms with Gasteiger partial charge in [0.1, 0.15) is 12.2 Å². The van der Waals surface area contributed by atoms with Gasteiger partial charge >= 0.3 is 0 Å². The van der Waals surface area contributed by atoms with Gasteiger partial charge in [-0.05, 0) is 30.3 Å². The number of rotatable bonds is 6. The zero-order valence-electron chi connectivity index (χ0n) is 16.1. The Morgan fingerprint density at radius 1 is 0.903 bits per heavy atom. The van der Waals surface area contributed by atoms with Crippen molar-refractivity contribution in [1.29, 1.82) is 0 Å². The number of aromatic nitrogens is 2. The van der Waals surface area contributed by atoms with Crippen molar-refractivity contribution in [1.82, 2.24) is 9.78 Å². The molecule has 0 aliphatic rings. The monoisotopic (exact) mass is 430 g/mol. The Morgan fingerprint density at radius 3 is 2.29 bits per heavy atom. The molecule has 154 valence electrons. The summed E-state index contributed by atoms with van der Waals surface area (Å²) in [5.74, 6) is -2.02. The molecule has 7 nitrogen and oxygen atoms in total. The number of nitrogens with zero attached hydrogens (tertiary/aromatic N) is 2. The average molecular weight is 430 g/mol. The van der Waals surface area contributed by atoms with Crippen LogP contribution in [0.2, 0.25) is 0 Å². The number of para-hydroxylation sites is 1. The Labute approximate surface area is 181 Å². The normalized spacial score (nSPS) is 10.7. The van der Waals surface area contributed by atoms with E-state index in [1.165, 1.54) is 23.9 Å². The Hall–Kier alpha value is -3.91. The predicted molar refractivity (Wildman–Crippen MR) is 116 cm³/mol. The number of carboxylic acid groups (broad SMARTS) is 1. The zero-order valence-corrected chi connectivity index (χ0v) is 17.0. The largest absolute Gasteiger partial charge is 0.543 e. The highest BCUT2D eigenvalue weighted by atomic mass is 32.2. The van der Waals surface area contributed by atoms with Crippen molar-refractivity contribution in [2.75, 3.05) is 5.32 Å². The van der Waals surface area contributed by atoms with E-state index in [4.69, 9.17) is 0 Å². The minimum atomic E-state index is -1.52. The average Bonchev–Trinajstić information content (AvgIpc) is 2.77. The molecule has 0 spiro atoms. The third kappa shape index (κ3) is 4.49. The van der Waals surface area contributed by atoms with Crippen LogP contribution >= 0.6 is 11.8 Å². The van der Waals surface area contributed by atoms with Crippen LogP contribution in [0.5, 0.6) is 0 Å². The predicted octanol–water partition coefficient (Wildman–Crippen LogP) is 2.55. The number of carboxylic acids is 1. The van der Waals surface area contributed by atoms with Crippen LogP contribution in [-0.2, 0) is 11.3 Å². The Balaban J connectivity index is 1.61. The second-order valence-corrected chi connectivity index (χ2v) is 7.72. The van der Waals surface area contributed by atoms with Crippen LogP contribution < -0.4 is 16.0 Å². The van der Waals surface area contributed by atoms with Gasteiger partial charge < -0.3 is 15.2 Å². The molecular formula is C23H16N3O4S-. The van der Waals surface area contributed by atoms with Crippen LogP contribution in [-0.4, -0.2) is 21.7 Å². The van der Waals surface area contributed by atoms with Gasteiger partial charge in [0.15, 0.2) is 0 Å². The fourth-order valence-electron chi connectivity index (χ4n) is 3.09. The number of carbonyl (C=O) groups excluding carboxylic acids is 2. The van der Waals surface area contributed by atoms with E-state index in [0.29, 0.717) is 5.69 Å². The number of aromatic carboxylic acids is 1. The highest BCUT2D eigenvalue weighted by Gasteiger charge is 2.14. The van der Waals surface area contributed by atoms with Crippen molar-refractivity contribution >= 4 is 40.1 Å². The van der Waals surface area contributed by atoms with E-state index in [2.05, 4.69) is 10.4 Å². The number of nitrogens with one attached hydrogen (secondary N) is 1. The van der Waals surface area contributed by atoms with Gasteiger partial charge in [0.2, 0.25) is 5.91 Å². The maximum absolute atomic E-state index is 12.7. The molecule has 0 bridgehead atoms. The lowest BCUT2D eigenvalue weighted by molar-refractivity contribution is -0.255. The van der Waals surface area contributed by atoms with Crippen molar-refractivity contribution in [3.05, 3.63) is 94.9 Å². The molecule has 0 radical (unpaired) electrons. The molecule has 3 aromatic carbocycles. The van der Waals surface area contributed by atoms with Gasteiger partial charge in [-0.3, -0.25) is 9.59 Å². The van der Waals surface area contributed by atoms with Crippen LogP contribution in [0, 0.1) is 0 Å². The van der Waals surface area contributed by atoms with Crippen LogP contribution in [0.3, 0.4) is 0 Å². The number of anilines is 1. The molecule has 0 aliphatic heterocycles. The smallest absolute Gasteiger partial charge is 0.275 e. The summed E-state index contributed by atoms with van der Waals surface area (Å²) in [6.07, 6.45) is 0. The molecule has 1 amide bonds. The maximum atomic E-state index is 12.7. The van der Waals surface area contributed by atoms with Crippen molar-refractivity contribution in [2.24, 2.45) is 0 Å². The van der Waals surface area contributed by atoms with Gasteiger partial charge in [0.25, 0.3) is 5.56 Å². The van der Waals surface area contributed by atoms with Crippen LogP contribution in [0.15, 0.2) is 93.4 Å². The third-order valence-electron chi connectivity index (χ3n) is 4.49. The molecule has 1 N–H and O–H groups in total. The lowest BCUT2D eigenvalue weighted by Gasteiger charge is -2.13. The van der Waals surface area contributed by atoms with Gasteiger partial charge in [0.05, 0.1) is 17.0 Å². The van der Waals surface area contributed by atoms with Crippen LogP contribution in [0.25, 0.3) is 10.8 Å². The standard InChI is InChI=1S/C23H17N3O4S/c27-20(24-18-12-6-7-13-19(18)31-15-8-2-1-3-9-15)14-26-22(28)17-11-5-4-10-16(17)21(25-26)23(29)30/h1-13H,14H2,(H,24,27)(H,29,30)/p-1. The van der Waals surface area contributed by atoms with Gasteiger partial charge in [0, 0.05) is 15.2 Å². The van der Waals surface area contributed by atoms with Gasteiger partial charge in [-0.2, -0.15) is 5.10 Å². The van der Waals surface area contributed by atoms with E-state index >= 15 is 0 Å². The molecule has 0 saturated carbocycles. The van der Waals surface area contributed by atoms with Gasteiger partial charge in [-0.15, -0.1) is 0 Å². The summed E-state index contributed by atoms with van der Waals surface area (Å²) < 4.78 is 0.843. The van der Waals surface area contributed by atoms with E-state index in [-0.39, 0.29) is 16.5 Å². The summed E-state index contributed by atoms with van der Waals surface area (Å²) in [6.45, 7) is -0.436. The van der Waals surface area contributed by atoms with Gasteiger partial charge in [-0.25, -0.2) is 4.68 Å². The van der Waals surface area contributed by atoms with Crippen molar-refractivity contribution in [2.45, 2.75) is 16.3 Å². The summed E-state index contributed by atoms with van der Waals surface area (Å²) in [6, 6.07) is 23.2. The molecule has 31 heavy (non-hydrogen) atoms. The topological polar surface area (TPSA) is 104 Å². The summed E-state index contributed by atoms with van der Waals surface area (Å²) in [5.41, 5.74) is -0.360. The second kappa shape index (κ2) is 8.85. The Bertz CT molecular complexity index is 1340. The van der Waals surface area contributed by atoms with E-state index in [1.807, 2.05) is 42.5 Å². The molecule has 1 heterocycles. The molecule has 0 unspecified atom stereocenters. The Morgan fingerprint density at radius 2 is 1.55 bits per heavy atom. The van der Waals surface area contributed by atoms with E-state index in [0.717, 1.165) is 14.5 Å². The second-order valence-electron chi connectivity index (χ2n) is 6.60. The summed E-state index contributed by atoms with van der Waals surface area (Å²) >= 11 is 1.49. The molecule has 4 rings (SSSR count). The first-order valence-corrected chi connectivity index (χ1v) is 10.2. The lowest BCUT2D eigenvalue weighted by atomic mass is 10.1. The minimum Gasteiger partial charge on any atom is -0.543 e. The molecule has 4 aromatic rings. The quantitative estimate of drug-likeness (QED) is 0.504. The molecule has 0 atom stereocenters. The highest BCUT2D eigenvalue weighted by Crippen LogP contribution is 2.33. The first-order valence-electron chi connectivity index (χ1n) is 9.36.